The Balaban J connectivity index is 2.10. The summed E-state index contributed by atoms with van der Waals surface area (Å²) in [6, 6.07) is 22.8. The third-order valence-corrected chi connectivity index (χ3v) is 3.79. The Hall–Kier alpha value is -2.19. The summed E-state index contributed by atoms with van der Waals surface area (Å²) in [5.41, 5.74) is 4.74. The maximum absolute atomic E-state index is 4.11. The zero-order chi connectivity index (χ0) is 14.5. The number of hydrogen-bond donors (Lipinski definition) is 0. The molecular weight excluding hydrogens is 322 g/mol. The van der Waals surface area contributed by atoms with Gasteiger partial charge in [-0.25, -0.2) is 0 Å². The lowest BCUT2D eigenvalue weighted by molar-refractivity contribution is 1.32. The van der Waals surface area contributed by atoms with Crippen LogP contribution in [0.2, 0.25) is 0 Å². The van der Waals surface area contributed by atoms with Crippen molar-refractivity contribution in [2.75, 3.05) is 0 Å². The molecule has 2 heteroatoms. The molecule has 2 aromatic carbocycles. The molecule has 21 heavy (non-hydrogen) atoms. The van der Waals surface area contributed by atoms with Crippen LogP contribution in [0.15, 0.2) is 83.6 Å². The molecule has 0 radical (unpaired) electrons. The van der Waals surface area contributed by atoms with E-state index in [0.29, 0.717) is 0 Å². The standard InChI is InChI=1S/C19H14BrN/c20-18-8-6-15(7-9-18)14-19(16-4-2-1-3-5-16)17-10-12-21-13-11-17/h1-14H/b19-14+. The molecular formula is C19H14BrN. The first kappa shape index (κ1) is 13.8. The highest BCUT2D eigenvalue weighted by atomic mass is 79.9. The van der Waals surface area contributed by atoms with E-state index in [-0.39, 0.29) is 0 Å². The van der Waals surface area contributed by atoms with Crippen LogP contribution in [0.3, 0.4) is 0 Å². The van der Waals surface area contributed by atoms with Crippen molar-refractivity contribution in [2.24, 2.45) is 0 Å². The van der Waals surface area contributed by atoms with Crippen molar-refractivity contribution in [3.8, 4) is 0 Å². The largest absolute Gasteiger partial charge is 0.265 e. The number of hydrogen-bond acceptors (Lipinski definition) is 1. The molecule has 0 aliphatic carbocycles. The minimum atomic E-state index is 1.09. The van der Waals surface area contributed by atoms with Crippen molar-refractivity contribution in [1.82, 2.24) is 4.98 Å². The van der Waals surface area contributed by atoms with Crippen LogP contribution in [-0.4, -0.2) is 4.98 Å². The summed E-state index contributed by atoms with van der Waals surface area (Å²) in [4.78, 5) is 4.11. The van der Waals surface area contributed by atoms with Gasteiger partial charge in [0.25, 0.3) is 0 Å². The predicted molar refractivity (Wildman–Crippen MR) is 91.8 cm³/mol. The monoisotopic (exact) mass is 335 g/mol. The second kappa shape index (κ2) is 6.51. The number of nitrogens with zero attached hydrogens (tertiary/aromatic N) is 1. The second-order valence-electron chi connectivity index (χ2n) is 4.71. The van der Waals surface area contributed by atoms with Gasteiger partial charge in [0.1, 0.15) is 0 Å². The van der Waals surface area contributed by atoms with Gasteiger partial charge in [0.05, 0.1) is 0 Å². The molecule has 0 bridgehead atoms. The molecule has 0 saturated heterocycles. The van der Waals surface area contributed by atoms with Gasteiger partial charge in [-0.3, -0.25) is 4.98 Å². The lowest BCUT2D eigenvalue weighted by Crippen LogP contribution is -1.88. The van der Waals surface area contributed by atoms with E-state index in [1.807, 2.05) is 30.6 Å². The summed E-state index contributed by atoms with van der Waals surface area (Å²) in [7, 11) is 0. The number of benzene rings is 2. The third-order valence-electron chi connectivity index (χ3n) is 3.26. The van der Waals surface area contributed by atoms with Crippen LogP contribution in [0.4, 0.5) is 0 Å². The van der Waals surface area contributed by atoms with E-state index in [1.54, 1.807) is 0 Å². The fraction of sp³-hybridized carbons (Fsp3) is 0. The second-order valence-corrected chi connectivity index (χ2v) is 5.63. The molecule has 0 aliphatic heterocycles. The quantitative estimate of drug-likeness (QED) is 0.581. The van der Waals surface area contributed by atoms with Gasteiger partial charge < -0.3 is 0 Å². The van der Waals surface area contributed by atoms with Crippen molar-refractivity contribution in [1.29, 1.82) is 0 Å². The van der Waals surface area contributed by atoms with Crippen molar-refractivity contribution in [3.63, 3.8) is 0 Å². The fourth-order valence-electron chi connectivity index (χ4n) is 2.21. The lowest BCUT2D eigenvalue weighted by atomic mass is 9.96. The Bertz CT molecular complexity index is 690. The van der Waals surface area contributed by atoms with Gasteiger partial charge in [0.2, 0.25) is 0 Å². The summed E-state index contributed by atoms with van der Waals surface area (Å²) in [6.45, 7) is 0. The summed E-state index contributed by atoms with van der Waals surface area (Å²) < 4.78 is 1.09. The molecule has 0 spiro atoms. The van der Waals surface area contributed by atoms with E-state index in [4.69, 9.17) is 0 Å². The summed E-state index contributed by atoms with van der Waals surface area (Å²) in [5, 5.41) is 0. The Kier molecular flexibility index (Phi) is 4.27. The van der Waals surface area contributed by atoms with E-state index >= 15 is 0 Å². The van der Waals surface area contributed by atoms with E-state index < -0.39 is 0 Å². The molecule has 0 amide bonds. The van der Waals surface area contributed by atoms with Crippen molar-refractivity contribution < 1.29 is 0 Å². The topological polar surface area (TPSA) is 12.9 Å². The van der Waals surface area contributed by atoms with Crippen LogP contribution in [0.5, 0.6) is 0 Å². The highest BCUT2D eigenvalue weighted by Crippen LogP contribution is 2.26. The summed E-state index contributed by atoms with van der Waals surface area (Å²) in [5.74, 6) is 0. The number of halogens is 1. The third kappa shape index (κ3) is 3.47. The van der Waals surface area contributed by atoms with Gasteiger partial charge in [-0.2, -0.15) is 0 Å². The van der Waals surface area contributed by atoms with Gasteiger partial charge in [-0.05, 0) is 52.6 Å². The first-order chi connectivity index (χ1) is 10.3. The molecule has 0 atom stereocenters. The maximum atomic E-state index is 4.11. The number of rotatable bonds is 3. The first-order valence-electron chi connectivity index (χ1n) is 6.76. The molecule has 0 fully saturated rings. The van der Waals surface area contributed by atoms with E-state index in [9.17, 15) is 0 Å². The lowest BCUT2D eigenvalue weighted by Gasteiger charge is -2.08. The van der Waals surface area contributed by atoms with E-state index in [2.05, 4.69) is 75.5 Å². The Morgan fingerprint density at radius 1 is 0.762 bits per heavy atom. The van der Waals surface area contributed by atoms with Gasteiger partial charge >= 0.3 is 0 Å². The first-order valence-corrected chi connectivity index (χ1v) is 7.55. The molecule has 1 nitrogen and oxygen atoms in total. The predicted octanol–water partition coefficient (Wildman–Crippen LogP) is 5.43. The highest BCUT2D eigenvalue weighted by Gasteiger charge is 2.04. The Morgan fingerprint density at radius 2 is 1.38 bits per heavy atom. The molecule has 0 saturated carbocycles. The van der Waals surface area contributed by atoms with Crippen LogP contribution >= 0.6 is 15.9 Å². The fourth-order valence-corrected chi connectivity index (χ4v) is 2.47. The summed E-state index contributed by atoms with van der Waals surface area (Å²) >= 11 is 3.47. The van der Waals surface area contributed by atoms with Crippen molar-refractivity contribution >= 4 is 27.6 Å². The molecule has 102 valence electrons. The number of pyridine rings is 1. The minimum Gasteiger partial charge on any atom is -0.265 e. The van der Waals surface area contributed by atoms with E-state index in [0.717, 1.165) is 4.47 Å². The van der Waals surface area contributed by atoms with Crippen LogP contribution in [0.1, 0.15) is 16.7 Å². The van der Waals surface area contributed by atoms with Crippen molar-refractivity contribution in [3.05, 3.63) is 100 Å². The van der Waals surface area contributed by atoms with Crippen LogP contribution in [0, 0.1) is 0 Å². The van der Waals surface area contributed by atoms with Gasteiger partial charge in [0, 0.05) is 16.9 Å². The SMILES string of the molecule is Brc1ccc(/C=C(\c2ccccc2)c2ccncc2)cc1. The zero-order valence-electron chi connectivity index (χ0n) is 11.4. The Morgan fingerprint density at radius 3 is 2.05 bits per heavy atom. The van der Waals surface area contributed by atoms with Crippen LogP contribution in [-0.2, 0) is 0 Å². The average Bonchev–Trinajstić information content (AvgIpc) is 2.56. The van der Waals surface area contributed by atoms with Crippen LogP contribution < -0.4 is 0 Å². The normalized spacial score (nSPS) is 11.4. The minimum absolute atomic E-state index is 1.09. The molecule has 1 heterocycles. The smallest absolute Gasteiger partial charge is 0.0273 e. The summed E-state index contributed by atoms with van der Waals surface area (Å²) in [6.07, 6.45) is 5.86. The molecule has 3 rings (SSSR count). The van der Waals surface area contributed by atoms with Gasteiger partial charge in [-0.15, -0.1) is 0 Å². The van der Waals surface area contributed by atoms with E-state index in [1.165, 1.54) is 22.3 Å². The Labute approximate surface area is 133 Å². The zero-order valence-corrected chi connectivity index (χ0v) is 13.0. The molecule has 0 unspecified atom stereocenters. The molecule has 0 aliphatic rings. The number of aromatic nitrogens is 1. The van der Waals surface area contributed by atoms with Crippen LogP contribution in [0.25, 0.3) is 11.6 Å². The van der Waals surface area contributed by atoms with Gasteiger partial charge in [0.15, 0.2) is 0 Å². The maximum Gasteiger partial charge on any atom is 0.0273 e. The van der Waals surface area contributed by atoms with Crippen molar-refractivity contribution in [2.45, 2.75) is 0 Å². The molecule has 1 aromatic heterocycles. The van der Waals surface area contributed by atoms with Gasteiger partial charge in [-0.1, -0.05) is 58.4 Å². The molecule has 0 N–H and O–H groups in total. The average molecular weight is 336 g/mol. The molecule has 3 aromatic rings. The highest BCUT2D eigenvalue weighted by molar-refractivity contribution is 9.10.